The van der Waals surface area contributed by atoms with Gasteiger partial charge in [0, 0.05) is 11.2 Å². The monoisotopic (exact) mass is 326 g/mol. The van der Waals surface area contributed by atoms with Gasteiger partial charge in [0.2, 0.25) is 0 Å². The maximum absolute atomic E-state index is 12.5. The van der Waals surface area contributed by atoms with E-state index in [1.165, 1.54) is 18.3 Å². The molecule has 0 fully saturated rings. The number of nitrogens with one attached hydrogen (secondary N) is 1. The Hall–Kier alpha value is -1.79. The van der Waals surface area contributed by atoms with Crippen molar-refractivity contribution >= 4 is 27.4 Å². The first-order valence-electron chi connectivity index (χ1n) is 6.30. The van der Waals surface area contributed by atoms with Gasteiger partial charge in [-0.05, 0) is 49.7 Å². The van der Waals surface area contributed by atoms with Crippen molar-refractivity contribution in [3.8, 4) is 5.75 Å². The van der Waals surface area contributed by atoms with Crippen LogP contribution in [0, 0.1) is 6.92 Å². The third-order valence-electron chi connectivity index (χ3n) is 2.65. The molecule has 2 aromatic rings. The molecule has 2 rings (SSSR count). The lowest BCUT2D eigenvalue weighted by Crippen LogP contribution is -2.15. The molecule has 0 atom stereocenters. The second-order valence-electron chi connectivity index (χ2n) is 4.35. The van der Waals surface area contributed by atoms with Crippen molar-refractivity contribution in [2.45, 2.75) is 18.7 Å². The average Bonchev–Trinajstić information content (AvgIpc) is 2.40. The zero-order chi connectivity index (χ0) is 15.5. The van der Waals surface area contributed by atoms with E-state index in [0.29, 0.717) is 11.6 Å². The summed E-state index contributed by atoms with van der Waals surface area (Å²) in [4.78, 5) is 3.97. The van der Waals surface area contributed by atoms with Crippen LogP contribution in [-0.4, -0.2) is 20.0 Å². The Morgan fingerprint density at radius 1 is 1.29 bits per heavy atom. The summed E-state index contributed by atoms with van der Waals surface area (Å²) in [5, 5.41) is 0.316. The second-order valence-corrected chi connectivity index (χ2v) is 6.44. The third kappa shape index (κ3) is 3.86. The van der Waals surface area contributed by atoms with Gasteiger partial charge in [-0.1, -0.05) is 11.6 Å². The summed E-state index contributed by atoms with van der Waals surface area (Å²) in [6, 6.07) is 7.89. The van der Waals surface area contributed by atoms with Gasteiger partial charge in [-0.2, -0.15) is 0 Å². The minimum absolute atomic E-state index is 0.0137. The normalized spacial score (nSPS) is 11.2. The molecule has 0 saturated heterocycles. The number of sulfonamides is 1. The molecular weight excluding hydrogens is 312 g/mol. The Balaban J connectivity index is 2.41. The molecule has 1 aromatic carbocycles. The van der Waals surface area contributed by atoms with E-state index in [4.69, 9.17) is 16.3 Å². The van der Waals surface area contributed by atoms with Gasteiger partial charge in [0.05, 0.1) is 6.61 Å². The molecule has 1 N–H and O–H groups in total. The molecule has 0 bridgehead atoms. The average molecular weight is 327 g/mol. The zero-order valence-electron chi connectivity index (χ0n) is 11.6. The van der Waals surface area contributed by atoms with Crippen molar-refractivity contribution < 1.29 is 13.2 Å². The predicted octanol–water partition coefficient (Wildman–Crippen LogP) is 3.24. The summed E-state index contributed by atoms with van der Waals surface area (Å²) in [6.45, 7) is 3.98. The molecule has 5 nitrogen and oxygen atoms in total. The molecule has 7 heteroatoms. The summed E-state index contributed by atoms with van der Waals surface area (Å²) in [5.74, 6) is 0.500. The quantitative estimate of drug-likeness (QED) is 0.915. The topological polar surface area (TPSA) is 68.3 Å². The van der Waals surface area contributed by atoms with Crippen LogP contribution in [-0.2, 0) is 10.0 Å². The van der Waals surface area contributed by atoms with Crippen LogP contribution in [0.4, 0.5) is 5.82 Å². The maximum Gasteiger partial charge on any atom is 0.266 e. The zero-order valence-corrected chi connectivity index (χ0v) is 13.2. The number of rotatable bonds is 5. The van der Waals surface area contributed by atoms with Crippen LogP contribution in [0.5, 0.6) is 5.75 Å². The standard InChI is InChI=1S/C14H15ClN2O3S/c1-3-20-12-5-4-11(15)9-13(12)21(18,19)17-14-8-10(2)6-7-16-14/h4-9H,3H2,1-2H3,(H,16,17). The van der Waals surface area contributed by atoms with Crippen LogP contribution in [0.25, 0.3) is 0 Å². The lowest BCUT2D eigenvalue weighted by molar-refractivity contribution is 0.331. The van der Waals surface area contributed by atoms with Crippen molar-refractivity contribution in [2.24, 2.45) is 0 Å². The van der Waals surface area contributed by atoms with E-state index in [1.54, 1.807) is 25.1 Å². The van der Waals surface area contributed by atoms with E-state index in [1.807, 2.05) is 6.92 Å². The lowest BCUT2D eigenvalue weighted by Gasteiger charge is -2.12. The van der Waals surface area contributed by atoms with Crippen LogP contribution in [0.1, 0.15) is 12.5 Å². The van der Waals surface area contributed by atoms with Crippen molar-refractivity contribution in [3.05, 3.63) is 47.1 Å². The van der Waals surface area contributed by atoms with Crippen LogP contribution in [0.15, 0.2) is 41.4 Å². The first-order chi connectivity index (χ1) is 9.92. The summed E-state index contributed by atoms with van der Waals surface area (Å²) < 4.78 is 32.7. The Bertz CT molecular complexity index is 748. The fraction of sp³-hybridized carbons (Fsp3) is 0.214. The van der Waals surface area contributed by atoms with Crippen LogP contribution >= 0.6 is 11.6 Å². The summed E-state index contributed by atoms with van der Waals surface area (Å²) >= 11 is 5.89. The molecule has 0 radical (unpaired) electrons. The molecule has 112 valence electrons. The summed E-state index contributed by atoms with van der Waals surface area (Å²) in [5.41, 5.74) is 0.902. The third-order valence-corrected chi connectivity index (χ3v) is 4.26. The molecule has 21 heavy (non-hydrogen) atoms. The Morgan fingerprint density at radius 3 is 2.71 bits per heavy atom. The molecule has 0 amide bonds. The van der Waals surface area contributed by atoms with Gasteiger partial charge in [-0.15, -0.1) is 0 Å². The van der Waals surface area contributed by atoms with Gasteiger partial charge < -0.3 is 4.74 Å². The van der Waals surface area contributed by atoms with E-state index in [9.17, 15) is 8.42 Å². The van der Waals surface area contributed by atoms with Crippen molar-refractivity contribution in [1.82, 2.24) is 4.98 Å². The number of aromatic nitrogens is 1. The van der Waals surface area contributed by atoms with E-state index < -0.39 is 10.0 Å². The van der Waals surface area contributed by atoms with E-state index in [-0.39, 0.29) is 16.5 Å². The van der Waals surface area contributed by atoms with Crippen LogP contribution < -0.4 is 9.46 Å². The fourth-order valence-corrected chi connectivity index (χ4v) is 3.16. The lowest BCUT2D eigenvalue weighted by atomic mass is 10.3. The maximum atomic E-state index is 12.5. The van der Waals surface area contributed by atoms with Gasteiger partial charge in [0.15, 0.2) is 0 Å². The molecule has 0 aliphatic heterocycles. The van der Waals surface area contributed by atoms with Crippen molar-refractivity contribution in [1.29, 1.82) is 0 Å². The number of nitrogens with zero attached hydrogens (tertiary/aromatic N) is 1. The molecular formula is C14H15ClN2O3S. The molecule has 1 aromatic heterocycles. The van der Waals surface area contributed by atoms with Crippen LogP contribution in [0.2, 0.25) is 5.02 Å². The predicted molar refractivity (Wildman–Crippen MR) is 82.4 cm³/mol. The van der Waals surface area contributed by atoms with E-state index in [2.05, 4.69) is 9.71 Å². The highest BCUT2D eigenvalue weighted by molar-refractivity contribution is 7.92. The fourth-order valence-electron chi connectivity index (χ4n) is 1.75. The van der Waals surface area contributed by atoms with Crippen molar-refractivity contribution in [2.75, 3.05) is 11.3 Å². The largest absolute Gasteiger partial charge is 0.492 e. The molecule has 0 aliphatic rings. The first kappa shape index (κ1) is 15.6. The SMILES string of the molecule is CCOc1ccc(Cl)cc1S(=O)(=O)Nc1cc(C)ccn1. The number of pyridine rings is 1. The molecule has 0 unspecified atom stereocenters. The molecule has 0 spiro atoms. The van der Waals surface area contributed by atoms with E-state index in [0.717, 1.165) is 5.56 Å². The first-order valence-corrected chi connectivity index (χ1v) is 8.16. The van der Waals surface area contributed by atoms with Gasteiger partial charge in [0.25, 0.3) is 10.0 Å². The Kier molecular flexibility index (Phi) is 4.69. The number of anilines is 1. The number of hydrogen-bond donors (Lipinski definition) is 1. The minimum Gasteiger partial charge on any atom is -0.492 e. The highest BCUT2D eigenvalue weighted by atomic mass is 35.5. The molecule has 0 saturated carbocycles. The highest BCUT2D eigenvalue weighted by Crippen LogP contribution is 2.28. The summed E-state index contributed by atoms with van der Waals surface area (Å²) in [7, 11) is -3.83. The molecule has 1 heterocycles. The number of benzene rings is 1. The smallest absolute Gasteiger partial charge is 0.266 e. The summed E-state index contributed by atoms with van der Waals surface area (Å²) in [6.07, 6.45) is 1.54. The van der Waals surface area contributed by atoms with Gasteiger partial charge >= 0.3 is 0 Å². The number of halogens is 1. The second kappa shape index (κ2) is 6.32. The number of aryl methyl sites for hydroxylation is 1. The van der Waals surface area contributed by atoms with Gasteiger partial charge in [-0.3, -0.25) is 4.72 Å². The van der Waals surface area contributed by atoms with E-state index >= 15 is 0 Å². The number of hydrogen-bond acceptors (Lipinski definition) is 4. The minimum atomic E-state index is -3.83. The van der Waals surface area contributed by atoms with Crippen molar-refractivity contribution in [3.63, 3.8) is 0 Å². The van der Waals surface area contributed by atoms with Crippen LogP contribution in [0.3, 0.4) is 0 Å². The molecule has 0 aliphatic carbocycles. The Morgan fingerprint density at radius 2 is 2.05 bits per heavy atom. The van der Waals surface area contributed by atoms with Gasteiger partial charge in [0.1, 0.15) is 16.5 Å². The van der Waals surface area contributed by atoms with Gasteiger partial charge in [-0.25, -0.2) is 13.4 Å². The number of ether oxygens (including phenoxy) is 1. The highest BCUT2D eigenvalue weighted by Gasteiger charge is 2.21. The Labute approximate surface area is 129 Å².